The van der Waals surface area contributed by atoms with E-state index in [-0.39, 0.29) is 0 Å². The van der Waals surface area contributed by atoms with Crippen molar-refractivity contribution in [3.8, 4) is 33.6 Å². The number of nitrogens with zero attached hydrogens (tertiary/aromatic N) is 4. The van der Waals surface area contributed by atoms with Crippen molar-refractivity contribution in [2.75, 3.05) is 0 Å². The molecular formula is C38H22N4S. The van der Waals surface area contributed by atoms with Gasteiger partial charge in [-0.1, -0.05) is 97.1 Å². The van der Waals surface area contributed by atoms with Gasteiger partial charge in [-0.2, -0.15) is 0 Å². The fraction of sp³-hybridized carbons (Fsp3) is 0. The van der Waals surface area contributed by atoms with Crippen LogP contribution in [0.25, 0.3) is 86.7 Å². The molecule has 43 heavy (non-hydrogen) atoms. The Labute approximate surface area is 251 Å². The molecule has 0 saturated heterocycles. The van der Waals surface area contributed by atoms with Gasteiger partial charge in [0.05, 0.1) is 34.8 Å². The van der Waals surface area contributed by atoms with Crippen LogP contribution < -0.4 is 0 Å². The van der Waals surface area contributed by atoms with Crippen LogP contribution in [0.3, 0.4) is 0 Å². The number of rotatable bonds is 3. The lowest BCUT2D eigenvalue weighted by molar-refractivity contribution is 1.27. The topological polar surface area (TPSA) is 51.6 Å². The minimum absolute atomic E-state index is 0.759. The van der Waals surface area contributed by atoms with Gasteiger partial charge in [0.2, 0.25) is 0 Å². The molecule has 0 atom stereocenters. The quantitative estimate of drug-likeness (QED) is 0.200. The van der Waals surface area contributed by atoms with Crippen LogP contribution in [-0.4, -0.2) is 19.9 Å². The molecule has 0 aliphatic rings. The molecule has 0 aliphatic carbocycles. The smallest absolute Gasteiger partial charge is 0.117 e. The lowest BCUT2D eigenvalue weighted by Crippen LogP contribution is -1.96. The number of hydrogen-bond donors (Lipinski definition) is 0. The van der Waals surface area contributed by atoms with Gasteiger partial charge < -0.3 is 0 Å². The largest absolute Gasteiger partial charge is 0.250 e. The Bertz CT molecular complexity index is 2500. The molecule has 9 aromatic rings. The predicted molar refractivity (Wildman–Crippen MR) is 179 cm³/mol. The van der Waals surface area contributed by atoms with Crippen molar-refractivity contribution in [1.29, 1.82) is 0 Å². The number of fused-ring (bicyclic) bond motifs is 9. The first-order chi connectivity index (χ1) is 21.3. The van der Waals surface area contributed by atoms with E-state index in [1.807, 2.05) is 41.9 Å². The summed E-state index contributed by atoms with van der Waals surface area (Å²) in [6.07, 6.45) is 3.72. The van der Waals surface area contributed by atoms with Gasteiger partial charge in [-0.3, -0.25) is 0 Å². The molecule has 0 unspecified atom stereocenters. The van der Waals surface area contributed by atoms with E-state index < -0.39 is 0 Å². The molecule has 0 bridgehead atoms. The molecule has 200 valence electrons. The lowest BCUT2D eigenvalue weighted by atomic mass is 10.0. The van der Waals surface area contributed by atoms with Crippen molar-refractivity contribution in [3.63, 3.8) is 0 Å². The summed E-state index contributed by atoms with van der Waals surface area (Å²) in [4.78, 5) is 20.3. The van der Waals surface area contributed by atoms with Crippen molar-refractivity contribution in [3.05, 3.63) is 134 Å². The van der Waals surface area contributed by atoms with Crippen molar-refractivity contribution in [1.82, 2.24) is 19.9 Å². The van der Waals surface area contributed by atoms with Gasteiger partial charge in [-0.15, -0.1) is 11.3 Å². The van der Waals surface area contributed by atoms with Crippen LogP contribution in [0.2, 0.25) is 0 Å². The maximum absolute atomic E-state index is 5.19. The molecule has 3 aromatic heterocycles. The first kappa shape index (κ1) is 24.1. The standard InChI is InChI=1S/C38H22N4S/c1-2-9-23(10-3-1)24-11-8-12-25(19-24)31-21-39-37-35(41-31)28-14-4-5-15-29(28)36-38(37)40-22-32(42-36)26-17-18-34-30(20-26)27-13-6-7-16-33(27)43-34/h1-22H. The number of thiophene rings is 1. The van der Waals surface area contributed by atoms with Crippen molar-refractivity contribution in [2.24, 2.45) is 0 Å². The molecule has 5 heteroatoms. The molecule has 0 N–H and O–H groups in total. The minimum Gasteiger partial charge on any atom is -0.250 e. The van der Waals surface area contributed by atoms with E-state index >= 15 is 0 Å². The van der Waals surface area contributed by atoms with E-state index in [0.717, 1.165) is 60.9 Å². The van der Waals surface area contributed by atoms with Crippen molar-refractivity contribution in [2.45, 2.75) is 0 Å². The summed E-state index contributed by atoms with van der Waals surface area (Å²) in [7, 11) is 0. The maximum Gasteiger partial charge on any atom is 0.117 e. The zero-order chi connectivity index (χ0) is 28.3. The molecule has 0 amide bonds. The number of hydrogen-bond acceptors (Lipinski definition) is 5. The summed E-state index contributed by atoms with van der Waals surface area (Å²) < 4.78 is 2.57. The molecule has 4 nitrogen and oxygen atoms in total. The van der Waals surface area contributed by atoms with Crippen LogP contribution in [0.4, 0.5) is 0 Å². The van der Waals surface area contributed by atoms with Gasteiger partial charge in [0, 0.05) is 42.1 Å². The van der Waals surface area contributed by atoms with E-state index in [1.54, 1.807) is 0 Å². The molecular weight excluding hydrogens is 545 g/mol. The molecule has 6 aromatic carbocycles. The summed E-state index contributed by atoms with van der Waals surface area (Å²) in [5, 5.41) is 4.56. The minimum atomic E-state index is 0.759. The van der Waals surface area contributed by atoms with E-state index in [9.17, 15) is 0 Å². The molecule has 0 fully saturated rings. The van der Waals surface area contributed by atoms with Crippen LogP contribution >= 0.6 is 11.3 Å². The second-order valence-corrected chi connectivity index (χ2v) is 11.8. The fourth-order valence-corrected chi connectivity index (χ4v) is 7.14. The molecule has 0 radical (unpaired) electrons. The van der Waals surface area contributed by atoms with Crippen LogP contribution in [0.1, 0.15) is 0 Å². The van der Waals surface area contributed by atoms with Gasteiger partial charge in [0.1, 0.15) is 11.0 Å². The van der Waals surface area contributed by atoms with E-state index in [4.69, 9.17) is 19.9 Å². The van der Waals surface area contributed by atoms with Crippen molar-refractivity contribution >= 4 is 64.3 Å². The van der Waals surface area contributed by atoms with Gasteiger partial charge in [-0.25, -0.2) is 19.9 Å². The van der Waals surface area contributed by atoms with E-state index in [0.29, 0.717) is 0 Å². The highest BCUT2D eigenvalue weighted by molar-refractivity contribution is 7.25. The Kier molecular flexibility index (Phi) is 5.33. The van der Waals surface area contributed by atoms with Gasteiger partial charge in [0.25, 0.3) is 0 Å². The Hall–Kier alpha value is -5.52. The summed E-state index contributed by atoms with van der Waals surface area (Å²) in [6.45, 7) is 0. The van der Waals surface area contributed by atoms with E-state index in [1.165, 1.54) is 25.7 Å². The number of benzene rings is 6. The third-order valence-corrected chi connectivity index (χ3v) is 9.30. The average molecular weight is 567 g/mol. The Balaban J connectivity index is 1.22. The van der Waals surface area contributed by atoms with Crippen LogP contribution in [0, 0.1) is 0 Å². The average Bonchev–Trinajstić information content (AvgIpc) is 3.46. The highest BCUT2D eigenvalue weighted by Crippen LogP contribution is 2.37. The van der Waals surface area contributed by atoms with Gasteiger partial charge >= 0.3 is 0 Å². The first-order valence-corrected chi connectivity index (χ1v) is 15.0. The molecule has 0 spiro atoms. The Morgan fingerprint density at radius 1 is 0.372 bits per heavy atom. The Morgan fingerprint density at radius 2 is 0.930 bits per heavy atom. The third kappa shape index (κ3) is 3.90. The molecule has 0 aliphatic heterocycles. The summed E-state index contributed by atoms with van der Waals surface area (Å²) >= 11 is 1.82. The predicted octanol–water partition coefficient (Wildman–Crippen LogP) is 10.1. The molecule has 0 saturated carbocycles. The summed E-state index contributed by atoms with van der Waals surface area (Å²) in [5.74, 6) is 0. The van der Waals surface area contributed by atoms with Crippen LogP contribution in [-0.2, 0) is 0 Å². The normalized spacial score (nSPS) is 11.7. The molecule has 9 rings (SSSR count). The monoisotopic (exact) mass is 566 g/mol. The second-order valence-electron chi connectivity index (χ2n) is 10.7. The number of aromatic nitrogens is 4. The second kappa shape index (κ2) is 9.51. The van der Waals surface area contributed by atoms with Crippen LogP contribution in [0.15, 0.2) is 134 Å². The summed E-state index contributed by atoms with van der Waals surface area (Å²) in [5.41, 5.74) is 9.26. The lowest BCUT2D eigenvalue weighted by Gasteiger charge is -2.11. The summed E-state index contributed by atoms with van der Waals surface area (Å²) in [6, 6.07) is 42.3. The zero-order valence-corrected chi connectivity index (χ0v) is 23.7. The van der Waals surface area contributed by atoms with Crippen LogP contribution in [0.5, 0.6) is 0 Å². The molecule has 3 heterocycles. The SMILES string of the molecule is c1ccc(-c2cccc(-c3cnc4c(n3)c3ccccc3c3nc(-c5ccc6sc7ccccc7c6c5)cnc34)c2)cc1. The highest BCUT2D eigenvalue weighted by atomic mass is 32.1. The van der Waals surface area contributed by atoms with Gasteiger partial charge in [0.15, 0.2) is 0 Å². The highest BCUT2D eigenvalue weighted by Gasteiger charge is 2.16. The zero-order valence-electron chi connectivity index (χ0n) is 22.9. The third-order valence-electron chi connectivity index (χ3n) is 8.14. The fourth-order valence-electron chi connectivity index (χ4n) is 6.05. The maximum atomic E-state index is 5.19. The first-order valence-electron chi connectivity index (χ1n) is 14.2. The Morgan fingerprint density at radius 3 is 1.65 bits per heavy atom. The van der Waals surface area contributed by atoms with Crippen molar-refractivity contribution < 1.29 is 0 Å². The van der Waals surface area contributed by atoms with E-state index in [2.05, 4.69) is 103 Å². The van der Waals surface area contributed by atoms with Gasteiger partial charge in [-0.05, 0) is 35.4 Å².